The zero-order valence-corrected chi connectivity index (χ0v) is 22.9. The lowest BCUT2D eigenvalue weighted by Gasteiger charge is -2.15. The van der Waals surface area contributed by atoms with Gasteiger partial charge < -0.3 is 21.4 Å². The first-order valence-corrected chi connectivity index (χ1v) is 13.5. The van der Waals surface area contributed by atoms with Crippen molar-refractivity contribution in [2.24, 2.45) is 5.73 Å². The highest BCUT2D eigenvalue weighted by atomic mass is 35.5. The van der Waals surface area contributed by atoms with Crippen molar-refractivity contribution in [3.8, 4) is 16.9 Å². The summed E-state index contributed by atoms with van der Waals surface area (Å²) in [7, 11) is 1.95. The minimum Gasteiger partial charge on any atom is -0.339 e. The number of nitrogens with one attached hydrogen (secondary N) is 3. The number of fused-ring (bicyclic) bond motifs is 1. The van der Waals surface area contributed by atoms with E-state index in [-0.39, 0.29) is 17.1 Å². The van der Waals surface area contributed by atoms with Crippen molar-refractivity contribution in [3.05, 3.63) is 81.1 Å². The molecule has 9 heteroatoms. The van der Waals surface area contributed by atoms with Crippen molar-refractivity contribution < 1.29 is 4.39 Å². The third-order valence-corrected chi connectivity index (χ3v) is 7.01. The normalized spacial score (nSPS) is 13.2. The Kier molecular flexibility index (Phi) is 9.33. The van der Waals surface area contributed by atoms with Crippen molar-refractivity contribution in [2.45, 2.75) is 51.6 Å². The Bertz CT molecular complexity index is 1430. The van der Waals surface area contributed by atoms with E-state index in [4.69, 9.17) is 17.3 Å². The van der Waals surface area contributed by atoms with E-state index in [0.717, 1.165) is 49.9 Å². The molecule has 0 amide bonds. The third-order valence-electron chi connectivity index (χ3n) is 6.74. The van der Waals surface area contributed by atoms with Crippen LogP contribution in [0.3, 0.4) is 0 Å². The molecule has 0 spiro atoms. The summed E-state index contributed by atoms with van der Waals surface area (Å²) in [6.45, 7) is 5.98. The molecule has 2 aromatic heterocycles. The van der Waals surface area contributed by atoms with Crippen molar-refractivity contribution in [3.63, 3.8) is 0 Å². The van der Waals surface area contributed by atoms with E-state index in [1.54, 1.807) is 24.4 Å². The molecule has 0 aliphatic carbocycles. The summed E-state index contributed by atoms with van der Waals surface area (Å²) in [5.74, 6) is -0.506. The van der Waals surface area contributed by atoms with E-state index in [1.807, 2.05) is 38.2 Å². The van der Waals surface area contributed by atoms with Gasteiger partial charge in [-0.05, 0) is 101 Å². The highest BCUT2D eigenvalue weighted by Crippen LogP contribution is 2.31. The zero-order valence-electron chi connectivity index (χ0n) is 22.2. The van der Waals surface area contributed by atoms with Crippen molar-refractivity contribution in [1.82, 2.24) is 25.2 Å². The highest BCUT2D eigenvalue weighted by Gasteiger charge is 2.16. The first-order valence-electron chi connectivity index (χ1n) is 13.1. The van der Waals surface area contributed by atoms with Crippen LogP contribution in [-0.4, -0.2) is 40.7 Å². The van der Waals surface area contributed by atoms with Gasteiger partial charge in [0.25, 0.3) is 0 Å². The second-order valence-electron chi connectivity index (χ2n) is 9.91. The smallest absolute Gasteiger partial charge is 0.339 e. The van der Waals surface area contributed by atoms with Crippen molar-refractivity contribution >= 4 is 22.6 Å². The van der Waals surface area contributed by atoms with Crippen LogP contribution in [0.2, 0.25) is 5.02 Å². The molecule has 4 aromatic rings. The topological polar surface area (TPSA) is 101 Å². The molecular formula is C29H36ClFN6O. The van der Waals surface area contributed by atoms with Crippen LogP contribution in [0.25, 0.3) is 28.0 Å². The van der Waals surface area contributed by atoms with Crippen LogP contribution >= 0.6 is 11.6 Å². The summed E-state index contributed by atoms with van der Waals surface area (Å²) in [4.78, 5) is 20.2. The van der Waals surface area contributed by atoms with Crippen LogP contribution in [0.1, 0.15) is 50.3 Å². The molecule has 38 heavy (non-hydrogen) atoms. The molecule has 2 aromatic carbocycles. The van der Waals surface area contributed by atoms with E-state index >= 15 is 4.39 Å². The highest BCUT2D eigenvalue weighted by molar-refractivity contribution is 6.31. The predicted octanol–water partition coefficient (Wildman–Crippen LogP) is 5.10. The van der Waals surface area contributed by atoms with Crippen LogP contribution in [0.15, 0.2) is 53.5 Å². The first kappa shape index (κ1) is 28.0. The standard InChI is InChI=1S/C29H36ClFN6O/c1-18(32)6-4-7-20-14-24(27(31)25(30)15-20)26-16-22-17-37(29(38)36-28(22)35-26)23-10-8-21(9-11-23)19(2)34-13-5-12-33-3/h8-11,14-19,33-34H,4-7,12-13,32H2,1-3H3,(H,35,36,38)/t18-,19-/m0/s1. The number of halogens is 2. The molecule has 0 aliphatic heterocycles. The molecule has 0 radical (unpaired) electrons. The van der Waals surface area contributed by atoms with Gasteiger partial charge in [-0.2, -0.15) is 4.98 Å². The Morgan fingerprint density at radius 3 is 2.61 bits per heavy atom. The fourth-order valence-electron chi connectivity index (χ4n) is 4.56. The predicted molar refractivity (Wildman–Crippen MR) is 154 cm³/mol. The van der Waals surface area contributed by atoms with Gasteiger partial charge in [-0.1, -0.05) is 23.7 Å². The van der Waals surface area contributed by atoms with Gasteiger partial charge in [-0.25, -0.2) is 9.18 Å². The molecular weight excluding hydrogens is 503 g/mol. The van der Waals surface area contributed by atoms with Crippen LogP contribution in [0.5, 0.6) is 0 Å². The maximum atomic E-state index is 15.0. The summed E-state index contributed by atoms with van der Waals surface area (Å²) in [6.07, 6.45) is 5.28. The second-order valence-corrected chi connectivity index (χ2v) is 10.3. The van der Waals surface area contributed by atoms with Gasteiger partial charge in [0.2, 0.25) is 0 Å². The summed E-state index contributed by atoms with van der Waals surface area (Å²) < 4.78 is 16.5. The number of hydrogen-bond donors (Lipinski definition) is 4. The third kappa shape index (κ3) is 6.69. The average Bonchev–Trinajstić information content (AvgIpc) is 3.30. The van der Waals surface area contributed by atoms with Gasteiger partial charge in [0, 0.05) is 29.2 Å². The first-order chi connectivity index (χ1) is 18.3. The summed E-state index contributed by atoms with van der Waals surface area (Å²) in [5, 5.41) is 7.41. The summed E-state index contributed by atoms with van der Waals surface area (Å²) in [5.41, 5.74) is 9.49. The number of rotatable bonds is 12. The average molecular weight is 539 g/mol. The summed E-state index contributed by atoms with van der Waals surface area (Å²) in [6, 6.07) is 13.4. The number of nitrogens with zero attached hydrogens (tertiary/aromatic N) is 2. The number of H-pyrrole nitrogens is 1. The Morgan fingerprint density at radius 2 is 1.89 bits per heavy atom. The Morgan fingerprint density at radius 1 is 1.13 bits per heavy atom. The van der Waals surface area contributed by atoms with E-state index in [1.165, 1.54) is 4.57 Å². The van der Waals surface area contributed by atoms with E-state index in [2.05, 4.69) is 27.5 Å². The Balaban J connectivity index is 1.58. The van der Waals surface area contributed by atoms with Gasteiger partial charge >= 0.3 is 5.69 Å². The number of aromatic amines is 1. The van der Waals surface area contributed by atoms with E-state index in [0.29, 0.717) is 28.0 Å². The summed E-state index contributed by atoms with van der Waals surface area (Å²) >= 11 is 6.23. The van der Waals surface area contributed by atoms with Gasteiger partial charge in [0.15, 0.2) is 5.82 Å². The fourth-order valence-corrected chi connectivity index (χ4v) is 4.81. The van der Waals surface area contributed by atoms with Crippen LogP contribution in [0, 0.1) is 5.82 Å². The maximum absolute atomic E-state index is 15.0. The number of benzene rings is 2. The van der Waals surface area contributed by atoms with Crippen LogP contribution < -0.4 is 22.1 Å². The molecule has 202 valence electrons. The molecule has 0 saturated heterocycles. The SMILES string of the molecule is CNCCCN[C@@H](C)c1ccc(-n2cc3cc(-c4cc(CCC[C@H](C)N)cc(Cl)c4F)[nH]c3nc2=O)cc1. The zero-order chi connectivity index (χ0) is 27.2. The van der Waals surface area contributed by atoms with Gasteiger partial charge in [-0.15, -0.1) is 0 Å². The lowest BCUT2D eigenvalue weighted by Crippen LogP contribution is -2.23. The molecule has 0 bridgehead atoms. The molecule has 0 unspecified atom stereocenters. The quantitative estimate of drug-likeness (QED) is 0.188. The molecule has 0 fully saturated rings. The molecule has 4 rings (SSSR count). The lowest BCUT2D eigenvalue weighted by atomic mass is 10.0. The van der Waals surface area contributed by atoms with Crippen molar-refractivity contribution in [2.75, 3.05) is 20.1 Å². The Labute approximate surface area is 227 Å². The largest absolute Gasteiger partial charge is 0.354 e. The monoisotopic (exact) mass is 538 g/mol. The Hall–Kier alpha value is -3.04. The molecule has 2 atom stereocenters. The van der Waals surface area contributed by atoms with Crippen LogP contribution in [-0.2, 0) is 6.42 Å². The van der Waals surface area contributed by atoms with Gasteiger partial charge in [0.05, 0.1) is 16.4 Å². The van der Waals surface area contributed by atoms with Crippen molar-refractivity contribution in [1.29, 1.82) is 0 Å². The van der Waals surface area contributed by atoms with Crippen LogP contribution in [0.4, 0.5) is 4.39 Å². The number of aryl methyl sites for hydroxylation is 1. The number of aromatic nitrogens is 3. The van der Waals surface area contributed by atoms with Gasteiger partial charge in [0.1, 0.15) is 5.65 Å². The van der Waals surface area contributed by atoms with Gasteiger partial charge in [-0.3, -0.25) is 4.57 Å². The maximum Gasteiger partial charge on any atom is 0.354 e. The molecule has 7 nitrogen and oxygen atoms in total. The van der Waals surface area contributed by atoms with E-state index in [9.17, 15) is 4.79 Å². The second kappa shape index (κ2) is 12.7. The molecule has 2 heterocycles. The number of nitrogens with two attached hydrogens (primary N) is 1. The minimum absolute atomic E-state index is 0.0651. The molecule has 0 aliphatic rings. The minimum atomic E-state index is -0.506. The lowest BCUT2D eigenvalue weighted by molar-refractivity contribution is 0.549. The molecule has 5 N–H and O–H groups in total. The fraction of sp³-hybridized carbons (Fsp3) is 0.379. The molecule has 0 saturated carbocycles. The number of hydrogen-bond acceptors (Lipinski definition) is 5. The van der Waals surface area contributed by atoms with E-state index < -0.39 is 11.5 Å².